The number of benzene rings is 2. The van der Waals surface area contributed by atoms with Crippen molar-refractivity contribution in [3.63, 3.8) is 0 Å². The summed E-state index contributed by atoms with van der Waals surface area (Å²) >= 11 is 0. The highest BCUT2D eigenvalue weighted by molar-refractivity contribution is 5.94. The molecular weight excluding hydrogens is 474 g/mol. The van der Waals surface area contributed by atoms with Gasteiger partial charge in [0, 0.05) is 54.9 Å². The molecule has 8 nitrogen and oxygen atoms in total. The number of hydrogen-bond acceptors (Lipinski definition) is 8. The van der Waals surface area contributed by atoms with E-state index in [1.807, 2.05) is 0 Å². The molecule has 6 rings (SSSR count). The summed E-state index contributed by atoms with van der Waals surface area (Å²) in [5, 5.41) is 15.3. The molecule has 0 amide bonds. The summed E-state index contributed by atoms with van der Waals surface area (Å²) < 4.78 is 6.33. The van der Waals surface area contributed by atoms with E-state index in [2.05, 4.69) is 75.5 Å². The van der Waals surface area contributed by atoms with E-state index >= 15 is 0 Å². The van der Waals surface area contributed by atoms with Gasteiger partial charge in [-0.2, -0.15) is 15.2 Å². The van der Waals surface area contributed by atoms with Crippen molar-refractivity contribution >= 4 is 22.3 Å². The summed E-state index contributed by atoms with van der Waals surface area (Å²) in [6, 6.07) is 18.5. The van der Waals surface area contributed by atoms with E-state index in [0.717, 1.165) is 70.2 Å². The normalized spacial score (nSPS) is 21.9. The SMILES string of the molecule is CCN1CCC[C@H]1COc1nc2c(c(N3CCN[C@@H](CC#N)C3)n1)CCN(c1cccc3ccccc13)C2. The van der Waals surface area contributed by atoms with Crippen LogP contribution in [0.25, 0.3) is 10.8 Å². The number of anilines is 2. The number of likely N-dealkylation sites (tertiary alicyclic amines) is 1. The van der Waals surface area contributed by atoms with E-state index in [4.69, 9.17) is 14.7 Å². The third kappa shape index (κ3) is 5.01. The molecule has 1 aromatic heterocycles. The van der Waals surface area contributed by atoms with Crippen molar-refractivity contribution in [2.75, 3.05) is 55.7 Å². The Bertz CT molecular complexity index is 1320. The molecule has 3 aliphatic rings. The summed E-state index contributed by atoms with van der Waals surface area (Å²) in [5.41, 5.74) is 3.53. The van der Waals surface area contributed by atoms with Crippen LogP contribution in [0.4, 0.5) is 11.5 Å². The maximum atomic E-state index is 9.28. The molecule has 2 atom stereocenters. The van der Waals surface area contributed by atoms with Crippen molar-refractivity contribution in [3.05, 3.63) is 53.7 Å². The molecule has 0 bridgehead atoms. The molecule has 0 spiro atoms. The molecule has 0 unspecified atom stereocenters. The molecule has 2 fully saturated rings. The summed E-state index contributed by atoms with van der Waals surface area (Å²) in [7, 11) is 0. The first-order valence-corrected chi connectivity index (χ1v) is 14.1. The van der Waals surface area contributed by atoms with E-state index in [0.29, 0.717) is 25.1 Å². The smallest absolute Gasteiger partial charge is 0.318 e. The molecule has 4 heterocycles. The first-order valence-electron chi connectivity index (χ1n) is 14.1. The molecule has 3 aromatic rings. The maximum Gasteiger partial charge on any atom is 0.318 e. The van der Waals surface area contributed by atoms with Crippen LogP contribution in [-0.2, 0) is 13.0 Å². The predicted molar refractivity (Wildman–Crippen MR) is 151 cm³/mol. The number of aromatic nitrogens is 2. The highest BCUT2D eigenvalue weighted by Gasteiger charge is 2.30. The van der Waals surface area contributed by atoms with Gasteiger partial charge in [0.15, 0.2) is 0 Å². The standard InChI is InChI=1S/C30H37N7O/c1-2-35-16-6-9-24(35)21-38-30-33-27-20-36(28-11-5-8-22-7-3-4-10-25(22)28)17-13-26(27)29(34-30)37-18-15-32-23(19-37)12-14-31/h3-5,7-8,10-11,23-24,32H,2,6,9,12-13,15-21H2,1H3/t23-,24-/m0/s1. The Hall–Kier alpha value is -3.41. The molecule has 8 heteroatoms. The van der Waals surface area contributed by atoms with Crippen LogP contribution in [0.3, 0.4) is 0 Å². The molecule has 2 saturated heterocycles. The van der Waals surface area contributed by atoms with Crippen molar-refractivity contribution in [1.29, 1.82) is 5.26 Å². The van der Waals surface area contributed by atoms with E-state index in [1.165, 1.54) is 28.4 Å². The number of nitriles is 1. The van der Waals surface area contributed by atoms with Crippen LogP contribution < -0.4 is 19.9 Å². The van der Waals surface area contributed by atoms with Crippen LogP contribution in [0, 0.1) is 11.3 Å². The Balaban J connectivity index is 1.31. The lowest BCUT2D eigenvalue weighted by Gasteiger charge is -2.37. The molecule has 0 saturated carbocycles. The zero-order valence-electron chi connectivity index (χ0n) is 22.3. The lowest BCUT2D eigenvalue weighted by Crippen LogP contribution is -2.51. The summed E-state index contributed by atoms with van der Waals surface area (Å²) in [6.07, 6.45) is 3.76. The molecule has 198 valence electrons. The van der Waals surface area contributed by atoms with Gasteiger partial charge in [-0.05, 0) is 43.8 Å². The van der Waals surface area contributed by atoms with Crippen molar-refractivity contribution in [3.8, 4) is 12.1 Å². The molecular formula is C30H37N7O. The second-order valence-corrected chi connectivity index (χ2v) is 10.6. The number of likely N-dealkylation sites (N-methyl/N-ethyl adjacent to an activating group) is 1. The average molecular weight is 512 g/mol. The van der Waals surface area contributed by atoms with Crippen LogP contribution in [0.1, 0.15) is 37.4 Å². The van der Waals surface area contributed by atoms with E-state index in [1.54, 1.807) is 0 Å². The number of hydrogen-bond donors (Lipinski definition) is 1. The monoisotopic (exact) mass is 511 g/mol. The first-order chi connectivity index (χ1) is 18.7. The van der Waals surface area contributed by atoms with Gasteiger partial charge < -0.3 is 19.9 Å². The number of fused-ring (bicyclic) bond motifs is 2. The van der Waals surface area contributed by atoms with E-state index < -0.39 is 0 Å². The quantitative estimate of drug-likeness (QED) is 0.514. The van der Waals surface area contributed by atoms with Gasteiger partial charge in [-0.15, -0.1) is 0 Å². The van der Waals surface area contributed by atoms with Gasteiger partial charge >= 0.3 is 6.01 Å². The van der Waals surface area contributed by atoms with Crippen LogP contribution in [-0.4, -0.2) is 72.8 Å². The van der Waals surface area contributed by atoms with E-state index in [9.17, 15) is 5.26 Å². The van der Waals surface area contributed by atoms with Crippen molar-refractivity contribution in [1.82, 2.24) is 20.2 Å². The minimum absolute atomic E-state index is 0.149. The zero-order chi connectivity index (χ0) is 25.9. The second-order valence-electron chi connectivity index (χ2n) is 10.6. The van der Waals surface area contributed by atoms with Gasteiger partial charge in [-0.3, -0.25) is 4.90 Å². The lowest BCUT2D eigenvalue weighted by molar-refractivity contribution is 0.170. The molecule has 3 aliphatic heterocycles. The fraction of sp³-hybridized carbons (Fsp3) is 0.500. The number of ether oxygens (including phenoxy) is 1. The third-order valence-electron chi connectivity index (χ3n) is 8.33. The number of nitrogens with one attached hydrogen (secondary N) is 1. The molecule has 0 aliphatic carbocycles. The third-order valence-corrected chi connectivity index (χ3v) is 8.33. The summed E-state index contributed by atoms with van der Waals surface area (Å²) in [5.74, 6) is 0.991. The van der Waals surface area contributed by atoms with Crippen molar-refractivity contribution in [2.24, 2.45) is 0 Å². The zero-order valence-corrected chi connectivity index (χ0v) is 22.3. The topological polar surface area (TPSA) is 80.5 Å². The first kappa shape index (κ1) is 24.9. The van der Waals surface area contributed by atoms with Gasteiger partial charge in [-0.25, -0.2) is 0 Å². The van der Waals surface area contributed by atoms with Crippen LogP contribution in [0.2, 0.25) is 0 Å². The van der Waals surface area contributed by atoms with Crippen LogP contribution in [0.15, 0.2) is 42.5 Å². The Kier molecular flexibility index (Phi) is 7.30. The average Bonchev–Trinajstić information content (AvgIpc) is 3.43. The molecule has 1 N–H and O–H groups in total. The Morgan fingerprint density at radius 3 is 2.87 bits per heavy atom. The Morgan fingerprint density at radius 2 is 1.97 bits per heavy atom. The van der Waals surface area contributed by atoms with Gasteiger partial charge in [0.2, 0.25) is 0 Å². The summed E-state index contributed by atoms with van der Waals surface area (Å²) in [6.45, 7) is 9.16. The van der Waals surface area contributed by atoms with E-state index in [-0.39, 0.29) is 6.04 Å². The Labute approximate surface area is 225 Å². The maximum absolute atomic E-state index is 9.28. The van der Waals surface area contributed by atoms with Crippen molar-refractivity contribution in [2.45, 2.75) is 51.2 Å². The minimum Gasteiger partial charge on any atom is -0.462 e. The number of rotatable bonds is 7. The largest absolute Gasteiger partial charge is 0.462 e. The number of piperazine rings is 1. The highest BCUT2D eigenvalue weighted by atomic mass is 16.5. The lowest BCUT2D eigenvalue weighted by atomic mass is 10.0. The number of nitrogens with zero attached hydrogens (tertiary/aromatic N) is 6. The van der Waals surface area contributed by atoms with Gasteiger partial charge in [0.1, 0.15) is 12.4 Å². The van der Waals surface area contributed by atoms with Crippen LogP contribution in [0.5, 0.6) is 6.01 Å². The molecule has 2 aromatic carbocycles. The van der Waals surface area contributed by atoms with Gasteiger partial charge in [0.25, 0.3) is 0 Å². The van der Waals surface area contributed by atoms with Crippen molar-refractivity contribution < 1.29 is 4.74 Å². The second kappa shape index (κ2) is 11.1. The minimum atomic E-state index is 0.149. The van der Waals surface area contributed by atoms with Gasteiger partial charge in [-0.1, -0.05) is 43.3 Å². The molecule has 0 radical (unpaired) electrons. The fourth-order valence-electron chi connectivity index (χ4n) is 6.34. The Morgan fingerprint density at radius 1 is 1.08 bits per heavy atom. The fourth-order valence-corrected chi connectivity index (χ4v) is 6.34. The predicted octanol–water partition coefficient (Wildman–Crippen LogP) is 3.75. The highest BCUT2D eigenvalue weighted by Crippen LogP contribution is 2.34. The summed E-state index contributed by atoms with van der Waals surface area (Å²) in [4.78, 5) is 17.3. The van der Waals surface area contributed by atoms with Gasteiger partial charge in [0.05, 0.1) is 24.7 Å². The molecule has 38 heavy (non-hydrogen) atoms. The van der Waals surface area contributed by atoms with Crippen LogP contribution >= 0.6 is 0 Å².